The number of β-lactam (4-membered cyclic amide) rings is 1. The fourth-order valence-electron chi connectivity index (χ4n) is 5.94. The van der Waals surface area contributed by atoms with Gasteiger partial charge in [-0.05, 0) is 19.9 Å². The number of amides is 1. The maximum atomic E-state index is 13.5. The molecule has 0 spiro atoms. The first kappa shape index (κ1) is 37.7. The Hall–Kier alpha value is -6.09. The lowest BCUT2D eigenvalue weighted by Crippen LogP contribution is -2.63. The van der Waals surface area contributed by atoms with Gasteiger partial charge in [0.2, 0.25) is 11.5 Å². The van der Waals surface area contributed by atoms with E-state index in [2.05, 4.69) is 25.6 Å². The molecule has 0 bridgehead atoms. The first-order valence-electron chi connectivity index (χ1n) is 16.2. The smallest absolute Gasteiger partial charge is 0.350 e. The van der Waals surface area contributed by atoms with Crippen LogP contribution in [-0.4, -0.2) is 101 Å². The highest BCUT2D eigenvalue weighted by Gasteiger charge is 2.53. The van der Waals surface area contributed by atoms with Crippen molar-refractivity contribution in [3.63, 3.8) is 0 Å². The average Bonchev–Trinajstić information content (AvgIpc) is 3.96. The van der Waals surface area contributed by atoms with Crippen molar-refractivity contribution in [3.8, 4) is 0 Å². The molecule has 0 radical (unpaired) electrons. The summed E-state index contributed by atoms with van der Waals surface area (Å²) >= 11 is 2.39. The number of hydrogen-bond donors (Lipinski definition) is 4. The van der Waals surface area contributed by atoms with Gasteiger partial charge in [-0.25, -0.2) is 14.3 Å². The molecule has 1 amide bonds. The molecule has 7 heterocycles. The Balaban J connectivity index is 0.00000160. The minimum atomic E-state index is -1.75. The second-order valence-corrected chi connectivity index (χ2v) is 14.6. The molecule has 3 aliphatic heterocycles. The highest BCUT2D eigenvalue weighted by molar-refractivity contribution is 8.00. The molecule has 21 heteroatoms. The van der Waals surface area contributed by atoms with Crippen molar-refractivity contribution in [1.82, 2.24) is 24.9 Å². The molecule has 7 rings (SSSR count). The molecule has 1 saturated heterocycles. The molecule has 0 aliphatic carbocycles. The number of amidine groups is 1. The molecular formula is C33H33N9O10S2. The minimum Gasteiger partial charge on any atom is -0.543 e. The molecule has 4 aromatic heterocycles. The second kappa shape index (κ2) is 15.5. The molecule has 282 valence electrons. The normalized spacial score (nSPS) is 18.3. The number of aliphatic carboxylic acids is 2. The molecule has 54 heavy (non-hydrogen) atoms. The standard InChI is InChI=1S/C32H31N9O8S2.CH2O2/c1-32(2,30(46)47)49-38-24(21-15-51-31(33)36-21)23(42)10-19-27(43)41-25(29(44)45)17(14-50-28(19)41)12-39-7-4-22-16(11-39)3-8-40(22)13-18-9-20(37-48-18)26-34-5-6-35-26;2-1-3/h3-4,7-9,11,15,19,28H,5-6,10,12-14H2,1-2H3,(H4-,33,34,35,36,44,45,46,47);1H,(H,2,3)/b38-24-;/t19-,28-;/m1./s1. The van der Waals surface area contributed by atoms with Gasteiger partial charge in [0.25, 0.3) is 6.47 Å². The number of ketones is 1. The van der Waals surface area contributed by atoms with E-state index in [0.29, 0.717) is 30.1 Å². The predicted molar refractivity (Wildman–Crippen MR) is 190 cm³/mol. The Morgan fingerprint density at radius 1 is 1.31 bits per heavy atom. The number of fused-ring (bicyclic) bond motifs is 2. The summed E-state index contributed by atoms with van der Waals surface area (Å²) in [5.74, 6) is -3.18. The number of Topliss-reactive ketones (excluding diaryl/α,β-unsaturated/α-hetero) is 1. The minimum absolute atomic E-state index is 0.0740. The zero-order valence-electron chi connectivity index (χ0n) is 28.7. The first-order valence-corrected chi connectivity index (χ1v) is 18.2. The second-order valence-electron chi connectivity index (χ2n) is 12.6. The van der Waals surface area contributed by atoms with Crippen LogP contribution in [0.1, 0.15) is 37.4 Å². The van der Waals surface area contributed by atoms with Crippen LogP contribution in [0.2, 0.25) is 0 Å². The van der Waals surface area contributed by atoms with E-state index in [1.54, 1.807) is 0 Å². The molecule has 2 atom stereocenters. The molecule has 5 N–H and O–H groups in total. The summed E-state index contributed by atoms with van der Waals surface area (Å²) in [5.41, 5.74) is 5.64. The number of carbonyl (C=O) groups excluding carboxylic acids is 3. The Labute approximate surface area is 313 Å². The van der Waals surface area contributed by atoms with Crippen LogP contribution >= 0.6 is 23.1 Å². The van der Waals surface area contributed by atoms with E-state index >= 15 is 0 Å². The van der Waals surface area contributed by atoms with E-state index < -0.39 is 40.5 Å². The van der Waals surface area contributed by atoms with E-state index in [1.807, 2.05) is 45.9 Å². The Morgan fingerprint density at radius 3 is 2.76 bits per heavy atom. The number of thiazole rings is 1. The average molecular weight is 780 g/mol. The predicted octanol–water partition coefficient (Wildman–Crippen LogP) is -0.167. The molecule has 1 fully saturated rings. The Bertz CT molecular complexity index is 2240. The number of nitrogens with one attached hydrogen (secondary N) is 1. The van der Waals surface area contributed by atoms with Gasteiger partial charge in [0.1, 0.15) is 11.4 Å². The number of aromatic nitrogens is 4. The molecular weight excluding hydrogens is 747 g/mol. The number of thioether (sulfide) groups is 1. The largest absolute Gasteiger partial charge is 0.543 e. The van der Waals surface area contributed by atoms with E-state index in [4.69, 9.17) is 25.0 Å². The van der Waals surface area contributed by atoms with Crippen LogP contribution in [0.3, 0.4) is 0 Å². The van der Waals surface area contributed by atoms with Gasteiger partial charge in [-0.3, -0.25) is 24.3 Å². The SMILES string of the molecule is CC(C)(O/N=C(\C(=O)C[C@@H]1C(=O)N2C(C(=O)[O-])=C(C[n+]3ccc4c(ccn4Cc4cc(C5=NCCN5)no4)c3)CS[C@H]12)c1csc(N)n1)C(=O)O.O=CO. The molecule has 0 unspecified atom stereocenters. The monoisotopic (exact) mass is 779 g/mol. The number of anilines is 1. The van der Waals surface area contributed by atoms with Crippen LogP contribution in [0.25, 0.3) is 10.9 Å². The molecule has 3 aliphatic rings. The number of carboxylic acids is 2. The van der Waals surface area contributed by atoms with Crippen LogP contribution in [0.5, 0.6) is 0 Å². The van der Waals surface area contributed by atoms with Gasteiger partial charge < -0.3 is 45.1 Å². The topological polar surface area (TPSA) is 272 Å². The van der Waals surface area contributed by atoms with Crippen molar-refractivity contribution in [2.24, 2.45) is 16.1 Å². The number of hydrogen-bond acceptors (Lipinski definition) is 16. The lowest BCUT2D eigenvalue weighted by molar-refractivity contribution is -0.687. The third-order valence-electron chi connectivity index (χ3n) is 8.61. The van der Waals surface area contributed by atoms with Crippen molar-refractivity contribution in [2.45, 2.75) is 44.3 Å². The number of oxime groups is 1. The van der Waals surface area contributed by atoms with E-state index in [0.717, 1.165) is 34.6 Å². The summed E-state index contributed by atoms with van der Waals surface area (Å²) in [6.45, 7) is 4.39. The Morgan fingerprint density at radius 2 is 2.09 bits per heavy atom. The van der Waals surface area contributed by atoms with Gasteiger partial charge in [0.05, 0.1) is 47.0 Å². The van der Waals surface area contributed by atoms with Gasteiger partial charge >= 0.3 is 5.97 Å². The Kier molecular flexibility index (Phi) is 10.8. The van der Waals surface area contributed by atoms with E-state index in [1.165, 1.54) is 35.9 Å². The lowest BCUT2D eigenvalue weighted by atomic mass is 9.89. The maximum Gasteiger partial charge on any atom is 0.350 e. The summed E-state index contributed by atoms with van der Waals surface area (Å²) < 4.78 is 9.38. The van der Waals surface area contributed by atoms with Gasteiger partial charge in [0.15, 0.2) is 47.2 Å². The van der Waals surface area contributed by atoms with Crippen molar-refractivity contribution in [2.75, 3.05) is 24.6 Å². The number of carboxylic acid groups (broad SMARTS) is 3. The first-order chi connectivity index (χ1) is 25.8. The van der Waals surface area contributed by atoms with Crippen molar-refractivity contribution < 1.29 is 53.2 Å². The van der Waals surface area contributed by atoms with Crippen molar-refractivity contribution in [3.05, 3.63) is 70.6 Å². The van der Waals surface area contributed by atoms with Crippen LogP contribution in [0, 0.1) is 5.92 Å². The van der Waals surface area contributed by atoms with Crippen LogP contribution in [0.4, 0.5) is 5.13 Å². The third-order valence-corrected chi connectivity index (χ3v) is 10.7. The summed E-state index contributed by atoms with van der Waals surface area (Å²) in [7, 11) is 0. The van der Waals surface area contributed by atoms with Crippen LogP contribution in [-0.2, 0) is 41.9 Å². The van der Waals surface area contributed by atoms with Gasteiger partial charge in [-0.1, -0.05) is 10.3 Å². The van der Waals surface area contributed by atoms with Gasteiger partial charge in [-0.15, -0.1) is 23.1 Å². The fourth-order valence-corrected chi connectivity index (χ4v) is 7.90. The van der Waals surface area contributed by atoms with Gasteiger partial charge in [-0.2, -0.15) is 0 Å². The number of nitrogen functional groups attached to an aromatic ring is 1. The van der Waals surface area contributed by atoms with Gasteiger partial charge in [0, 0.05) is 48.0 Å². The number of nitrogens with two attached hydrogens (primary N) is 1. The third kappa shape index (κ3) is 7.67. The molecule has 19 nitrogen and oxygen atoms in total. The number of aliphatic imine (C=N–C) groups is 1. The zero-order chi connectivity index (χ0) is 38.7. The molecule has 0 saturated carbocycles. The highest BCUT2D eigenvalue weighted by atomic mass is 32.2. The van der Waals surface area contributed by atoms with E-state index in [9.17, 15) is 29.4 Å². The summed E-state index contributed by atoms with van der Waals surface area (Å²) in [4.78, 5) is 74.0. The maximum absolute atomic E-state index is 13.5. The lowest BCUT2D eigenvalue weighted by Gasteiger charge is -2.50. The zero-order valence-corrected chi connectivity index (χ0v) is 30.3. The summed E-state index contributed by atoms with van der Waals surface area (Å²) in [5, 5.41) is 41.7. The summed E-state index contributed by atoms with van der Waals surface area (Å²) in [6, 6.07) is 5.71. The summed E-state index contributed by atoms with van der Waals surface area (Å²) in [6.07, 6.45) is 5.32. The number of rotatable bonds is 13. The van der Waals surface area contributed by atoms with E-state index in [-0.39, 0.29) is 47.4 Å². The molecule has 0 aromatic carbocycles. The van der Waals surface area contributed by atoms with Crippen molar-refractivity contribution >= 4 is 80.8 Å². The number of nitrogens with zero attached hydrogens (tertiary/aromatic N) is 7. The highest BCUT2D eigenvalue weighted by Crippen LogP contribution is 2.45. The quantitative estimate of drug-likeness (QED) is 0.0451. The number of pyridine rings is 1. The fraction of sp³-hybridized carbons (Fsp3) is 0.333. The number of carbonyl (C=O) groups is 5. The van der Waals surface area contributed by atoms with Crippen LogP contribution in [0.15, 0.2) is 68.1 Å². The van der Waals surface area contributed by atoms with Crippen molar-refractivity contribution in [1.29, 1.82) is 0 Å². The van der Waals surface area contributed by atoms with Crippen LogP contribution < -0.4 is 20.7 Å². The molecule has 4 aromatic rings.